The number of anilines is 1. The lowest BCUT2D eigenvalue weighted by Crippen LogP contribution is -2.36. The number of hydrogen-bond acceptors (Lipinski definition) is 3. The Bertz CT molecular complexity index is 1160. The summed E-state index contributed by atoms with van der Waals surface area (Å²) in [6.07, 6.45) is -1.55. The second kappa shape index (κ2) is 7.54. The van der Waals surface area contributed by atoms with Gasteiger partial charge in [-0.25, -0.2) is 14.4 Å². The van der Waals surface area contributed by atoms with Crippen LogP contribution in [0.25, 0.3) is 16.5 Å². The van der Waals surface area contributed by atoms with Crippen molar-refractivity contribution in [2.24, 2.45) is 5.92 Å². The standard InChI is InChI=1S/C22H18ClF4N3/c1-3-12-7-16(22(25,26)27)21(14-8-17(23)18(24)9-13(12)14)30-20-6-4-5-19-15(20)10-28-11(2)29-19/h3-6,8-10,16,21,30H,7H2,1-2H3/b12-3+/t16-,21+/m0/s1. The predicted octanol–water partition coefficient (Wildman–Crippen LogP) is 6.87. The Balaban J connectivity index is 1.89. The molecule has 4 rings (SSSR count). The summed E-state index contributed by atoms with van der Waals surface area (Å²) in [5.74, 6) is -1.80. The molecule has 156 valence electrons. The number of fused-ring (bicyclic) bond motifs is 2. The quantitative estimate of drug-likeness (QED) is 0.446. The molecule has 2 atom stereocenters. The van der Waals surface area contributed by atoms with Gasteiger partial charge in [-0.2, -0.15) is 13.2 Å². The van der Waals surface area contributed by atoms with Crippen molar-refractivity contribution in [3.63, 3.8) is 0 Å². The van der Waals surface area contributed by atoms with Gasteiger partial charge in [0.15, 0.2) is 0 Å². The first-order valence-electron chi connectivity index (χ1n) is 9.39. The van der Waals surface area contributed by atoms with Gasteiger partial charge in [0.1, 0.15) is 11.6 Å². The lowest BCUT2D eigenvalue weighted by Gasteiger charge is -2.37. The van der Waals surface area contributed by atoms with Crippen LogP contribution in [0.5, 0.6) is 0 Å². The van der Waals surface area contributed by atoms with E-state index in [0.29, 0.717) is 39.1 Å². The van der Waals surface area contributed by atoms with E-state index in [-0.39, 0.29) is 11.4 Å². The Hall–Kier alpha value is -2.67. The first kappa shape index (κ1) is 20.6. The number of allylic oxidation sites excluding steroid dienone is 2. The molecule has 30 heavy (non-hydrogen) atoms. The van der Waals surface area contributed by atoms with E-state index in [9.17, 15) is 17.6 Å². The van der Waals surface area contributed by atoms with Crippen LogP contribution in [0.15, 0.2) is 42.6 Å². The molecule has 0 saturated carbocycles. The summed E-state index contributed by atoms with van der Waals surface area (Å²) in [5.41, 5.74) is 2.29. The van der Waals surface area contributed by atoms with Crippen LogP contribution in [-0.4, -0.2) is 16.1 Å². The van der Waals surface area contributed by atoms with E-state index in [1.165, 1.54) is 12.1 Å². The Labute approximate surface area is 175 Å². The van der Waals surface area contributed by atoms with Crippen molar-refractivity contribution < 1.29 is 17.6 Å². The zero-order chi connectivity index (χ0) is 21.6. The topological polar surface area (TPSA) is 37.8 Å². The summed E-state index contributed by atoms with van der Waals surface area (Å²) >= 11 is 5.96. The Morgan fingerprint density at radius 3 is 2.70 bits per heavy atom. The summed E-state index contributed by atoms with van der Waals surface area (Å²) in [7, 11) is 0. The van der Waals surface area contributed by atoms with Crippen LogP contribution in [0.3, 0.4) is 0 Å². The predicted molar refractivity (Wildman–Crippen MR) is 110 cm³/mol. The molecule has 1 N–H and O–H groups in total. The van der Waals surface area contributed by atoms with Crippen LogP contribution in [0.4, 0.5) is 23.2 Å². The van der Waals surface area contributed by atoms with Crippen molar-refractivity contribution in [3.8, 4) is 0 Å². The number of hydrogen-bond donors (Lipinski definition) is 1. The van der Waals surface area contributed by atoms with E-state index >= 15 is 0 Å². The van der Waals surface area contributed by atoms with Gasteiger partial charge in [0.2, 0.25) is 0 Å². The molecule has 8 heteroatoms. The molecule has 0 bridgehead atoms. The minimum absolute atomic E-state index is 0.212. The number of benzene rings is 2. The molecule has 0 amide bonds. The van der Waals surface area contributed by atoms with Crippen LogP contribution in [0.2, 0.25) is 5.02 Å². The van der Waals surface area contributed by atoms with E-state index in [1.807, 2.05) is 0 Å². The highest BCUT2D eigenvalue weighted by molar-refractivity contribution is 6.30. The lowest BCUT2D eigenvalue weighted by atomic mass is 9.76. The van der Waals surface area contributed by atoms with E-state index in [2.05, 4.69) is 15.3 Å². The van der Waals surface area contributed by atoms with Crippen molar-refractivity contribution in [3.05, 3.63) is 70.4 Å². The Morgan fingerprint density at radius 2 is 2.00 bits per heavy atom. The van der Waals surface area contributed by atoms with E-state index < -0.39 is 24.0 Å². The summed E-state index contributed by atoms with van der Waals surface area (Å²) in [6.45, 7) is 3.39. The van der Waals surface area contributed by atoms with Crippen molar-refractivity contribution in [1.82, 2.24) is 9.97 Å². The molecule has 2 aromatic carbocycles. The molecule has 0 fully saturated rings. The van der Waals surface area contributed by atoms with Gasteiger partial charge in [-0.05, 0) is 61.2 Å². The molecular weight excluding hydrogens is 418 g/mol. The molecule has 0 unspecified atom stereocenters. The number of nitrogens with zero attached hydrogens (tertiary/aromatic N) is 2. The largest absolute Gasteiger partial charge is 0.394 e. The van der Waals surface area contributed by atoms with Gasteiger partial charge in [-0.3, -0.25) is 0 Å². The van der Waals surface area contributed by atoms with Crippen molar-refractivity contribution in [2.45, 2.75) is 32.5 Å². The van der Waals surface area contributed by atoms with Crippen LogP contribution < -0.4 is 5.32 Å². The third-order valence-electron chi connectivity index (χ3n) is 5.44. The van der Waals surface area contributed by atoms with Crippen LogP contribution in [-0.2, 0) is 0 Å². The van der Waals surface area contributed by atoms with Crippen molar-refractivity contribution in [1.29, 1.82) is 0 Å². The molecule has 1 heterocycles. The number of nitrogens with one attached hydrogen (secondary N) is 1. The Kier molecular flexibility index (Phi) is 5.18. The molecule has 3 nitrogen and oxygen atoms in total. The SMILES string of the molecule is C/C=C1\C[C@H](C(F)(F)F)[C@H](Nc2cccc3nc(C)ncc23)c2cc(Cl)c(F)cc21. The van der Waals surface area contributed by atoms with Crippen molar-refractivity contribution >= 4 is 33.8 Å². The number of halogens is 5. The van der Waals surface area contributed by atoms with Gasteiger partial charge < -0.3 is 5.32 Å². The number of aromatic nitrogens is 2. The van der Waals surface area contributed by atoms with Crippen LogP contribution in [0, 0.1) is 18.7 Å². The minimum atomic E-state index is -4.47. The summed E-state index contributed by atoms with van der Waals surface area (Å²) < 4.78 is 56.3. The molecule has 0 radical (unpaired) electrons. The molecule has 1 aliphatic carbocycles. The second-order valence-electron chi connectivity index (χ2n) is 7.30. The molecule has 3 aromatic rings. The fraction of sp³-hybridized carbons (Fsp3) is 0.273. The van der Waals surface area contributed by atoms with Crippen LogP contribution in [0.1, 0.15) is 36.3 Å². The highest BCUT2D eigenvalue weighted by Crippen LogP contribution is 2.50. The van der Waals surface area contributed by atoms with Gasteiger partial charge in [0.25, 0.3) is 0 Å². The maximum Gasteiger partial charge on any atom is 0.394 e. The van der Waals surface area contributed by atoms with Gasteiger partial charge in [-0.1, -0.05) is 23.7 Å². The first-order chi connectivity index (χ1) is 14.2. The van der Waals surface area contributed by atoms with Gasteiger partial charge in [0.05, 0.1) is 22.5 Å². The summed E-state index contributed by atoms with van der Waals surface area (Å²) in [4.78, 5) is 8.51. The third kappa shape index (κ3) is 3.62. The smallest absolute Gasteiger partial charge is 0.377 e. The molecule has 0 saturated heterocycles. The number of rotatable bonds is 2. The van der Waals surface area contributed by atoms with E-state index in [1.54, 1.807) is 44.3 Å². The average Bonchev–Trinajstić information content (AvgIpc) is 2.68. The number of alkyl halides is 3. The maximum atomic E-state index is 14.1. The summed E-state index contributed by atoms with van der Waals surface area (Å²) in [5, 5.41) is 3.43. The monoisotopic (exact) mass is 435 g/mol. The minimum Gasteiger partial charge on any atom is -0.377 e. The molecule has 1 aromatic heterocycles. The fourth-order valence-corrected chi connectivity index (χ4v) is 4.15. The summed E-state index contributed by atoms with van der Waals surface area (Å²) in [6, 6.07) is 6.54. The fourth-order valence-electron chi connectivity index (χ4n) is 3.98. The second-order valence-corrected chi connectivity index (χ2v) is 7.70. The zero-order valence-electron chi connectivity index (χ0n) is 16.2. The van der Waals surface area contributed by atoms with Gasteiger partial charge in [-0.15, -0.1) is 0 Å². The molecule has 0 aliphatic heterocycles. The zero-order valence-corrected chi connectivity index (χ0v) is 16.9. The maximum absolute atomic E-state index is 14.1. The van der Waals surface area contributed by atoms with Crippen molar-refractivity contribution in [2.75, 3.05) is 5.32 Å². The molecular formula is C22H18ClF4N3. The molecule has 0 spiro atoms. The van der Waals surface area contributed by atoms with E-state index in [0.717, 1.165) is 0 Å². The average molecular weight is 436 g/mol. The third-order valence-corrected chi connectivity index (χ3v) is 5.73. The molecule has 1 aliphatic rings. The van der Waals surface area contributed by atoms with Crippen LogP contribution >= 0.6 is 11.6 Å². The normalized spacial score (nSPS) is 20.4. The van der Waals surface area contributed by atoms with Gasteiger partial charge in [0, 0.05) is 17.3 Å². The highest BCUT2D eigenvalue weighted by Gasteiger charge is 2.48. The first-order valence-corrected chi connectivity index (χ1v) is 9.77. The van der Waals surface area contributed by atoms with Gasteiger partial charge >= 0.3 is 6.18 Å². The van der Waals surface area contributed by atoms with E-state index in [4.69, 9.17) is 11.6 Å². The highest BCUT2D eigenvalue weighted by atomic mass is 35.5. The Morgan fingerprint density at radius 1 is 1.23 bits per heavy atom. The lowest BCUT2D eigenvalue weighted by molar-refractivity contribution is -0.178. The number of aryl methyl sites for hydroxylation is 1.